The molecule has 1 N–H and O–H groups in total. The number of imidazole rings is 1. The fraction of sp³-hybridized carbons (Fsp3) is 0.727. The van der Waals surface area contributed by atoms with Crippen LogP contribution in [-0.2, 0) is 0 Å². The van der Waals surface area contributed by atoms with E-state index in [9.17, 15) is 0 Å². The molecule has 1 aromatic heterocycles. The number of hydrogen-bond acceptors (Lipinski definition) is 2. The lowest BCUT2D eigenvalue weighted by molar-refractivity contribution is 0.603. The van der Waals surface area contributed by atoms with Crippen LogP contribution in [0.15, 0.2) is 6.20 Å². The van der Waals surface area contributed by atoms with E-state index in [1.165, 1.54) is 12.8 Å². The second kappa shape index (κ2) is 3.64. The van der Waals surface area contributed by atoms with Crippen LogP contribution >= 0.6 is 0 Å². The molecule has 0 spiro atoms. The molecule has 1 saturated carbocycles. The van der Waals surface area contributed by atoms with E-state index in [-0.39, 0.29) is 0 Å². The number of aryl methyl sites for hydroxylation is 1. The molecule has 0 bridgehead atoms. The number of anilines is 1. The van der Waals surface area contributed by atoms with Crippen LogP contribution in [0.2, 0.25) is 0 Å². The van der Waals surface area contributed by atoms with Gasteiger partial charge in [-0.3, -0.25) is 0 Å². The summed E-state index contributed by atoms with van der Waals surface area (Å²) in [7, 11) is 0. The summed E-state index contributed by atoms with van der Waals surface area (Å²) in [6.45, 7) is 7.50. The predicted molar refractivity (Wildman–Crippen MR) is 58.6 cm³/mol. The monoisotopic (exact) mass is 193 g/mol. The molecule has 0 aromatic carbocycles. The van der Waals surface area contributed by atoms with Crippen LogP contribution in [-0.4, -0.2) is 16.1 Å². The highest BCUT2D eigenvalue weighted by molar-refractivity contribution is 5.29. The molecule has 1 heterocycles. The second-order valence-corrected chi connectivity index (χ2v) is 4.53. The topological polar surface area (TPSA) is 29.9 Å². The van der Waals surface area contributed by atoms with Crippen molar-refractivity contribution in [3.05, 3.63) is 11.9 Å². The minimum atomic E-state index is 0.484. The van der Waals surface area contributed by atoms with Gasteiger partial charge in [0.2, 0.25) is 5.95 Å². The number of aromatic nitrogens is 2. The molecule has 0 saturated heterocycles. The average Bonchev–Trinajstić information content (AvgIpc) is 2.86. The minimum absolute atomic E-state index is 0.484. The van der Waals surface area contributed by atoms with E-state index in [1.54, 1.807) is 0 Å². The largest absolute Gasteiger partial charge is 0.355 e. The van der Waals surface area contributed by atoms with E-state index >= 15 is 0 Å². The maximum absolute atomic E-state index is 4.48. The van der Waals surface area contributed by atoms with Crippen LogP contribution in [0.3, 0.4) is 0 Å². The van der Waals surface area contributed by atoms with Crippen molar-refractivity contribution in [2.24, 2.45) is 5.92 Å². The molecule has 0 radical (unpaired) electrons. The van der Waals surface area contributed by atoms with Crippen LogP contribution in [0.5, 0.6) is 0 Å². The van der Waals surface area contributed by atoms with Gasteiger partial charge in [0.15, 0.2) is 0 Å². The SMILES string of the molecule is Cc1cn(C(C)C)c(NCC2CC2)n1. The smallest absolute Gasteiger partial charge is 0.203 e. The third-order valence-corrected chi connectivity index (χ3v) is 2.65. The summed E-state index contributed by atoms with van der Waals surface area (Å²) in [5.41, 5.74) is 1.09. The maximum Gasteiger partial charge on any atom is 0.203 e. The molecule has 2 rings (SSSR count). The zero-order valence-electron chi connectivity index (χ0n) is 9.25. The van der Waals surface area contributed by atoms with Crippen molar-refractivity contribution in [1.82, 2.24) is 9.55 Å². The minimum Gasteiger partial charge on any atom is -0.355 e. The Hall–Kier alpha value is -0.990. The van der Waals surface area contributed by atoms with Crippen molar-refractivity contribution in [2.45, 2.75) is 39.7 Å². The summed E-state index contributed by atoms with van der Waals surface area (Å²) in [5, 5.41) is 3.43. The number of nitrogens with zero attached hydrogens (tertiary/aromatic N) is 2. The van der Waals surface area contributed by atoms with Crippen molar-refractivity contribution in [1.29, 1.82) is 0 Å². The molecule has 0 unspecified atom stereocenters. The molecule has 14 heavy (non-hydrogen) atoms. The van der Waals surface area contributed by atoms with E-state index in [1.807, 2.05) is 6.92 Å². The molecule has 0 atom stereocenters. The van der Waals surface area contributed by atoms with Crippen LogP contribution in [0.1, 0.15) is 38.4 Å². The molecular weight excluding hydrogens is 174 g/mol. The second-order valence-electron chi connectivity index (χ2n) is 4.53. The van der Waals surface area contributed by atoms with Gasteiger partial charge in [-0.25, -0.2) is 4.98 Å². The van der Waals surface area contributed by atoms with E-state index in [0.717, 1.165) is 24.1 Å². The fourth-order valence-corrected chi connectivity index (χ4v) is 1.60. The zero-order valence-corrected chi connectivity index (χ0v) is 9.25. The Balaban J connectivity index is 2.05. The Morgan fingerprint density at radius 1 is 1.57 bits per heavy atom. The standard InChI is InChI=1S/C11H19N3/c1-8(2)14-7-9(3)13-11(14)12-6-10-4-5-10/h7-8,10H,4-6H2,1-3H3,(H,12,13). The van der Waals surface area contributed by atoms with Crippen molar-refractivity contribution >= 4 is 5.95 Å². The highest BCUT2D eigenvalue weighted by Gasteiger charge is 2.21. The van der Waals surface area contributed by atoms with E-state index in [2.05, 4.69) is 34.9 Å². The molecule has 0 aliphatic heterocycles. The van der Waals surface area contributed by atoms with E-state index in [4.69, 9.17) is 0 Å². The number of hydrogen-bond donors (Lipinski definition) is 1. The van der Waals surface area contributed by atoms with Crippen molar-refractivity contribution in [2.75, 3.05) is 11.9 Å². The Labute approximate surface area is 85.5 Å². The first-order valence-corrected chi connectivity index (χ1v) is 5.46. The fourth-order valence-electron chi connectivity index (χ4n) is 1.60. The molecule has 1 aliphatic carbocycles. The van der Waals surface area contributed by atoms with Crippen LogP contribution in [0.4, 0.5) is 5.95 Å². The lowest BCUT2D eigenvalue weighted by Crippen LogP contribution is -2.10. The van der Waals surface area contributed by atoms with Crippen LogP contribution in [0.25, 0.3) is 0 Å². The Bertz CT molecular complexity index is 310. The third kappa shape index (κ3) is 2.08. The quantitative estimate of drug-likeness (QED) is 0.796. The summed E-state index contributed by atoms with van der Waals surface area (Å²) in [6.07, 6.45) is 4.88. The highest BCUT2D eigenvalue weighted by Crippen LogP contribution is 2.29. The van der Waals surface area contributed by atoms with Crippen LogP contribution in [0, 0.1) is 12.8 Å². The normalized spacial score (nSPS) is 16.3. The Kier molecular flexibility index (Phi) is 2.48. The Morgan fingerprint density at radius 3 is 2.86 bits per heavy atom. The first kappa shape index (κ1) is 9.56. The lowest BCUT2D eigenvalue weighted by Gasteiger charge is -2.12. The summed E-state index contributed by atoms with van der Waals surface area (Å²) in [5.74, 6) is 1.93. The first-order valence-electron chi connectivity index (χ1n) is 5.46. The van der Waals surface area contributed by atoms with Crippen molar-refractivity contribution < 1.29 is 0 Å². The van der Waals surface area contributed by atoms with Crippen LogP contribution < -0.4 is 5.32 Å². The lowest BCUT2D eigenvalue weighted by atomic mass is 10.4. The van der Waals surface area contributed by atoms with Gasteiger partial charge >= 0.3 is 0 Å². The average molecular weight is 193 g/mol. The summed E-state index contributed by atoms with van der Waals surface area (Å²) in [4.78, 5) is 4.48. The first-order chi connectivity index (χ1) is 6.66. The Morgan fingerprint density at radius 2 is 2.29 bits per heavy atom. The molecule has 3 heteroatoms. The highest BCUT2D eigenvalue weighted by atomic mass is 15.2. The molecule has 3 nitrogen and oxygen atoms in total. The van der Waals surface area contributed by atoms with Gasteiger partial charge < -0.3 is 9.88 Å². The van der Waals surface area contributed by atoms with Gasteiger partial charge in [-0.05, 0) is 39.5 Å². The number of rotatable bonds is 4. The van der Waals surface area contributed by atoms with E-state index < -0.39 is 0 Å². The summed E-state index contributed by atoms with van der Waals surface area (Å²) in [6, 6.07) is 0.484. The van der Waals surface area contributed by atoms with Gasteiger partial charge in [0.1, 0.15) is 0 Å². The molecule has 1 fully saturated rings. The van der Waals surface area contributed by atoms with Crippen molar-refractivity contribution in [3.63, 3.8) is 0 Å². The molecule has 1 aliphatic rings. The van der Waals surface area contributed by atoms with Gasteiger partial charge in [0, 0.05) is 18.8 Å². The summed E-state index contributed by atoms with van der Waals surface area (Å²) < 4.78 is 2.21. The van der Waals surface area contributed by atoms with Gasteiger partial charge in [0.05, 0.1) is 5.69 Å². The maximum atomic E-state index is 4.48. The van der Waals surface area contributed by atoms with Gasteiger partial charge in [0.25, 0.3) is 0 Å². The molecule has 0 amide bonds. The third-order valence-electron chi connectivity index (χ3n) is 2.65. The summed E-state index contributed by atoms with van der Waals surface area (Å²) >= 11 is 0. The van der Waals surface area contributed by atoms with Gasteiger partial charge in [-0.1, -0.05) is 0 Å². The zero-order chi connectivity index (χ0) is 10.1. The van der Waals surface area contributed by atoms with Gasteiger partial charge in [-0.2, -0.15) is 0 Å². The molecule has 1 aromatic rings. The number of nitrogens with one attached hydrogen (secondary N) is 1. The van der Waals surface area contributed by atoms with Crippen molar-refractivity contribution in [3.8, 4) is 0 Å². The predicted octanol–water partition coefficient (Wildman–Crippen LogP) is 2.59. The van der Waals surface area contributed by atoms with E-state index in [0.29, 0.717) is 6.04 Å². The van der Waals surface area contributed by atoms with Gasteiger partial charge in [-0.15, -0.1) is 0 Å². The molecular formula is C11H19N3. The molecule has 78 valence electrons.